The van der Waals surface area contributed by atoms with Crippen LogP contribution in [-0.4, -0.2) is 7.11 Å². The van der Waals surface area contributed by atoms with Crippen LogP contribution in [0.5, 0.6) is 5.75 Å². The molecular formula is C10H11NO. The molecule has 0 heterocycles. The van der Waals surface area contributed by atoms with Crippen molar-refractivity contribution in [2.24, 2.45) is 5.73 Å². The van der Waals surface area contributed by atoms with Crippen LogP contribution < -0.4 is 10.5 Å². The molecule has 0 spiro atoms. The van der Waals surface area contributed by atoms with Gasteiger partial charge >= 0.3 is 0 Å². The van der Waals surface area contributed by atoms with Gasteiger partial charge in [0.1, 0.15) is 5.75 Å². The van der Waals surface area contributed by atoms with Gasteiger partial charge in [0.15, 0.2) is 0 Å². The van der Waals surface area contributed by atoms with Crippen LogP contribution in [0.3, 0.4) is 0 Å². The zero-order valence-electron chi connectivity index (χ0n) is 6.95. The summed E-state index contributed by atoms with van der Waals surface area (Å²) in [7, 11) is 1.67. The number of fused-ring (bicyclic) bond motifs is 1. The lowest BCUT2D eigenvalue weighted by molar-refractivity contribution is 0.408. The lowest BCUT2D eigenvalue weighted by Crippen LogP contribution is -2.06. The molecule has 1 aliphatic rings. The molecule has 12 heavy (non-hydrogen) atoms. The molecular weight excluding hydrogens is 150 g/mol. The Morgan fingerprint density at radius 1 is 1.42 bits per heavy atom. The van der Waals surface area contributed by atoms with Crippen LogP contribution >= 0.6 is 0 Å². The third kappa shape index (κ3) is 0.924. The van der Waals surface area contributed by atoms with E-state index in [9.17, 15) is 0 Å². The van der Waals surface area contributed by atoms with Crippen molar-refractivity contribution in [1.29, 1.82) is 0 Å². The number of hydrogen-bond donors (Lipinski definition) is 1. The molecule has 1 atom stereocenters. The van der Waals surface area contributed by atoms with Crippen molar-refractivity contribution in [3.8, 4) is 5.75 Å². The van der Waals surface area contributed by atoms with E-state index in [1.807, 2.05) is 30.4 Å². The molecule has 0 bridgehead atoms. The second-order valence-electron chi connectivity index (χ2n) is 2.85. The summed E-state index contributed by atoms with van der Waals surface area (Å²) in [6.45, 7) is 0. The summed E-state index contributed by atoms with van der Waals surface area (Å²) in [6.07, 6.45) is 4.01. The average Bonchev–Trinajstić information content (AvgIpc) is 2.48. The molecule has 2 rings (SSSR count). The van der Waals surface area contributed by atoms with Crippen LogP contribution in [0.15, 0.2) is 24.3 Å². The van der Waals surface area contributed by atoms with E-state index in [4.69, 9.17) is 10.5 Å². The highest BCUT2D eigenvalue weighted by Crippen LogP contribution is 2.33. The van der Waals surface area contributed by atoms with E-state index >= 15 is 0 Å². The minimum absolute atomic E-state index is 0.00356. The number of ether oxygens (including phenoxy) is 1. The molecule has 2 nitrogen and oxygen atoms in total. The number of benzene rings is 1. The fraction of sp³-hybridized carbons (Fsp3) is 0.200. The van der Waals surface area contributed by atoms with E-state index in [0.29, 0.717) is 0 Å². The van der Waals surface area contributed by atoms with Gasteiger partial charge in [-0.1, -0.05) is 24.3 Å². The Bertz CT molecular complexity index is 331. The van der Waals surface area contributed by atoms with Gasteiger partial charge in [-0.3, -0.25) is 0 Å². The quantitative estimate of drug-likeness (QED) is 0.680. The summed E-state index contributed by atoms with van der Waals surface area (Å²) in [4.78, 5) is 0. The first-order valence-electron chi connectivity index (χ1n) is 3.93. The van der Waals surface area contributed by atoms with Gasteiger partial charge < -0.3 is 10.5 Å². The van der Waals surface area contributed by atoms with Gasteiger partial charge in [-0.25, -0.2) is 0 Å². The topological polar surface area (TPSA) is 35.2 Å². The fourth-order valence-corrected chi connectivity index (χ4v) is 1.54. The molecule has 1 aliphatic carbocycles. The Hall–Kier alpha value is -1.28. The third-order valence-electron chi connectivity index (χ3n) is 2.14. The molecule has 2 heteroatoms. The molecule has 2 N–H and O–H groups in total. The van der Waals surface area contributed by atoms with Crippen LogP contribution in [0.4, 0.5) is 0 Å². The number of methoxy groups -OCH3 is 1. The minimum Gasteiger partial charge on any atom is -0.496 e. The summed E-state index contributed by atoms with van der Waals surface area (Å²) < 4.78 is 5.21. The molecule has 62 valence electrons. The van der Waals surface area contributed by atoms with E-state index in [0.717, 1.165) is 11.3 Å². The van der Waals surface area contributed by atoms with Gasteiger partial charge in [0.2, 0.25) is 0 Å². The number of rotatable bonds is 1. The molecule has 1 aromatic carbocycles. The average molecular weight is 161 g/mol. The first-order chi connectivity index (χ1) is 5.83. The SMILES string of the molecule is COc1cccc2c1C(N)C=C2. The Kier molecular flexibility index (Phi) is 1.62. The van der Waals surface area contributed by atoms with E-state index in [1.165, 1.54) is 5.56 Å². The Morgan fingerprint density at radius 2 is 2.25 bits per heavy atom. The minimum atomic E-state index is -0.00356. The summed E-state index contributed by atoms with van der Waals surface area (Å²) >= 11 is 0. The predicted octanol–water partition coefficient (Wildman–Crippen LogP) is 1.72. The van der Waals surface area contributed by atoms with Crippen molar-refractivity contribution in [1.82, 2.24) is 0 Å². The molecule has 1 unspecified atom stereocenters. The molecule has 0 fully saturated rings. The van der Waals surface area contributed by atoms with Crippen molar-refractivity contribution >= 4 is 6.08 Å². The van der Waals surface area contributed by atoms with E-state index in [1.54, 1.807) is 7.11 Å². The first kappa shape index (κ1) is 7.37. The second kappa shape index (κ2) is 2.64. The molecule has 0 aromatic heterocycles. The fourth-order valence-electron chi connectivity index (χ4n) is 1.54. The zero-order valence-corrected chi connectivity index (χ0v) is 6.95. The molecule has 0 aliphatic heterocycles. The largest absolute Gasteiger partial charge is 0.496 e. The van der Waals surface area contributed by atoms with Crippen LogP contribution in [0.1, 0.15) is 17.2 Å². The van der Waals surface area contributed by atoms with E-state index in [-0.39, 0.29) is 6.04 Å². The summed E-state index contributed by atoms with van der Waals surface area (Å²) in [6, 6.07) is 5.95. The highest BCUT2D eigenvalue weighted by Gasteiger charge is 2.17. The van der Waals surface area contributed by atoms with Crippen LogP contribution in [-0.2, 0) is 0 Å². The maximum absolute atomic E-state index is 5.86. The van der Waals surface area contributed by atoms with E-state index < -0.39 is 0 Å². The standard InChI is InChI=1S/C10H11NO/c1-12-9-4-2-3-7-5-6-8(11)10(7)9/h2-6,8H,11H2,1H3. The van der Waals surface area contributed by atoms with Gasteiger partial charge in [-0.2, -0.15) is 0 Å². The molecule has 0 saturated carbocycles. The van der Waals surface area contributed by atoms with E-state index in [2.05, 4.69) is 0 Å². The smallest absolute Gasteiger partial charge is 0.124 e. The van der Waals surface area contributed by atoms with Gasteiger partial charge in [-0.05, 0) is 11.6 Å². The number of nitrogens with two attached hydrogens (primary N) is 1. The molecule has 1 aromatic rings. The zero-order chi connectivity index (χ0) is 8.55. The van der Waals surface area contributed by atoms with Crippen molar-refractivity contribution in [3.63, 3.8) is 0 Å². The maximum Gasteiger partial charge on any atom is 0.124 e. The third-order valence-corrected chi connectivity index (χ3v) is 2.14. The van der Waals surface area contributed by atoms with Crippen molar-refractivity contribution < 1.29 is 4.74 Å². The lowest BCUT2D eigenvalue weighted by atomic mass is 10.1. The predicted molar refractivity (Wildman–Crippen MR) is 49.0 cm³/mol. The highest BCUT2D eigenvalue weighted by molar-refractivity contribution is 5.65. The summed E-state index contributed by atoms with van der Waals surface area (Å²) in [5.74, 6) is 0.880. The van der Waals surface area contributed by atoms with Crippen molar-refractivity contribution in [3.05, 3.63) is 35.4 Å². The Labute approximate surface area is 71.6 Å². The lowest BCUT2D eigenvalue weighted by Gasteiger charge is -2.10. The highest BCUT2D eigenvalue weighted by atomic mass is 16.5. The summed E-state index contributed by atoms with van der Waals surface area (Å²) in [5, 5.41) is 0. The molecule has 0 saturated heterocycles. The Morgan fingerprint density at radius 3 is 3.00 bits per heavy atom. The maximum atomic E-state index is 5.86. The van der Waals surface area contributed by atoms with Gasteiger partial charge in [-0.15, -0.1) is 0 Å². The van der Waals surface area contributed by atoms with Gasteiger partial charge in [0.25, 0.3) is 0 Å². The van der Waals surface area contributed by atoms with Gasteiger partial charge in [0.05, 0.1) is 13.2 Å². The molecule has 0 amide bonds. The summed E-state index contributed by atoms with van der Waals surface area (Å²) in [5.41, 5.74) is 8.12. The van der Waals surface area contributed by atoms with Crippen LogP contribution in [0, 0.1) is 0 Å². The van der Waals surface area contributed by atoms with Crippen LogP contribution in [0.2, 0.25) is 0 Å². The normalized spacial score (nSPS) is 19.3. The van der Waals surface area contributed by atoms with Crippen LogP contribution in [0.25, 0.3) is 6.08 Å². The first-order valence-corrected chi connectivity index (χ1v) is 3.93. The second-order valence-corrected chi connectivity index (χ2v) is 2.85. The van der Waals surface area contributed by atoms with Crippen molar-refractivity contribution in [2.45, 2.75) is 6.04 Å². The monoisotopic (exact) mass is 161 g/mol. The Balaban J connectivity index is 2.58. The number of hydrogen-bond acceptors (Lipinski definition) is 2. The van der Waals surface area contributed by atoms with Crippen molar-refractivity contribution in [2.75, 3.05) is 7.11 Å². The van der Waals surface area contributed by atoms with Gasteiger partial charge in [0, 0.05) is 5.56 Å². The molecule has 0 radical (unpaired) electrons.